The van der Waals surface area contributed by atoms with Gasteiger partial charge in [-0.05, 0) is 38.8 Å². The molecule has 0 N–H and O–H groups in total. The normalized spacial score (nSPS) is 23.9. The van der Waals surface area contributed by atoms with Crippen LogP contribution >= 0.6 is 0 Å². The second kappa shape index (κ2) is 7.60. The number of hydrogen-bond acceptors (Lipinski definition) is 3. The van der Waals surface area contributed by atoms with E-state index in [9.17, 15) is 4.79 Å². The fourth-order valence-electron chi connectivity index (χ4n) is 3.10. The zero-order chi connectivity index (χ0) is 14.4. The van der Waals surface area contributed by atoms with Crippen LogP contribution in [0.4, 0.5) is 0 Å². The van der Waals surface area contributed by atoms with Gasteiger partial charge in [-0.3, -0.25) is 4.79 Å². The Bertz CT molecular complexity index is 373. The number of nitrogens with zero attached hydrogens (tertiary/aromatic N) is 2. The minimum absolute atomic E-state index is 0.0825. The third kappa shape index (κ3) is 3.93. The van der Waals surface area contributed by atoms with Gasteiger partial charge in [-0.2, -0.15) is 0 Å². The van der Waals surface area contributed by atoms with Crippen LogP contribution in [0.2, 0.25) is 0 Å². The lowest BCUT2D eigenvalue weighted by Gasteiger charge is -2.28. The topological polar surface area (TPSA) is 32.8 Å². The van der Waals surface area contributed by atoms with Crippen molar-refractivity contribution in [3.63, 3.8) is 0 Å². The molecule has 0 aromatic carbocycles. The van der Waals surface area contributed by atoms with Gasteiger partial charge in [-0.15, -0.1) is 0 Å². The molecule has 0 aromatic rings. The van der Waals surface area contributed by atoms with Gasteiger partial charge in [0.1, 0.15) is 0 Å². The van der Waals surface area contributed by atoms with Gasteiger partial charge in [0, 0.05) is 31.8 Å². The first kappa shape index (κ1) is 15.3. The van der Waals surface area contributed by atoms with Crippen molar-refractivity contribution in [2.45, 2.75) is 31.7 Å². The minimum Gasteiger partial charge on any atom is -0.381 e. The molecular weight excluding hydrogens is 252 g/mol. The number of amides is 1. The number of rotatable bonds is 6. The molecule has 20 heavy (non-hydrogen) atoms. The van der Waals surface area contributed by atoms with Gasteiger partial charge >= 0.3 is 0 Å². The van der Waals surface area contributed by atoms with Crippen LogP contribution in [0.3, 0.4) is 0 Å². The van der Waals surface area contributed by atoms with E-state index in [0.29, 0.717) is 18.2 Å². The number of ether oxygens (including phenoxy) is 1. The van der Waals surface area contributed by atoms with Gasteiger partial charge in [0.15, 0.2) is 0 Å². The molecule has 2 fully saturated rings. The molecule has 1 amide bonds. The molecule has 2 saturated heterocycles. The summed E-state index contributed by atoms with van der Waals surface area (Å²) in [6, 6.07) is 0.369. The summed E-state index contributed by atoms with van der Waals surface area (Å²) in [4.78, 5) is 16.9. The maximum absolute atomic E-state index is 12.4. The van der Waals surface area contributed by atoms with E-state index in [4.69, 9.17) is 4.74 Å². The molecule has 4 heteroatoms. The lowest BCUT2D eigenvalue weighted by Crippen LogP contribution is -2.42. The first-order valence-corrected chi connectivity index (χ1v) is 7.60. The van der Waals surface area contributed by atoms with Crippen molar-refractivity contribution in [3.8, 4) is 0 Å². The van der Waals surface area contributed by atoms with E-state index in [2.05, 4.69) is 11.5 Å². The highest BCUT2D eigenvalue weighted by atomic mass is 16.5. The molecule has 2 aliphatic heterocycles. The molecule has 1 atom stereocenters. The SMILES string of the molecule is C=C(/C=C/COC)C(=O)N1CCC[C@H]1CN1CCCC1. The lowest BCUT2D eigenvalue weighted by molar-refractivity contribution is -0.127. The van der Waals surface area contributed by atoms with Crippen LogP contribution in [0.5, 0.6) is 0 Å². The number of likely N-dealkylation sites (tertiary alicyclic amines) is 2. The summed E-state index contributed by atoms with van der Waals surface area (Å²) >= 11 is 0. The van der Waals surface area contributed by atoms with E-state index < -0.39 is 0 Å². The molecule has 0 aliphatic carbocycles. The Balaban J connectivity index is 1.88. The predicted octanol–water partition coefficient (Wildman–Crippen LogP) is 1.83. The molecule has 0 unspecified atom stereocenters. The summed E-state index contributed by atoms with van der Waals surface area (Å²) < 4.78 is 4.95. The third-order valence-electron chi connectivity index (χ3n) is 4.16. The standard InChI is InChI=1S/C16H26N2O2/c1-14(7-6-12-20-2)16(19)18-11-5-8-15(18)13-17-9-3-4-10-17/h6-7,15H,1,3-5,8-13H2,2H3/b7-6+/t15-/m0/s1. The first-order chi connectivity index (χ1) is 9.72. The highest BCUT2D eigenvalue weighted by Crippen LogP contribution is 2.22. The van der Waals surface area contributed by atoms with Crippen molar-refractivity contribution in [2.75, 3.05) is 39.9 Å². The van der Waals surface area contributed by atoms with Crippen LogP contribution in [-0.4, -0.2) is 61.6 Å². The number of carbonyl (C=O) groups excluding carboxylic acids is 1. The van der Waals surface area contributed by atoms with E-state index >= 15 is 0 Å². The number of methoxy groups -OCH3 is 1. The van der Waals surface area contributed by atoms with Crippen molar-refractivity contribution >= 4 is 5.91 Å². The summed E-state index contributed by atoms with van der Waals surface area (Å²) in [6.45, 7) is 8.68. The second-order valence-electron chi connectivity index (χ2n) is 5.69. The summed E-state index contributed by atoms with van der Waals surface area (Å²) in [7, 11) is 1.64. The van der Waals surface area contributed by atoms with Crippen molar-refractivity contribution in [2.24, 2.45) is 0 Å². The fraction of sp³-hybridized carbons (Fsp3) is 0.688. The van der Waals surface area contributed by atoms with E-state index in [1.165, 1.54) is 25.9 Å². The van der Waals surface area contributed by atoms with Gasteiger partial charge in [-0.1, -0.05) is 18.7 Å². The van der Waals surface area contributed by atoms with Crippen molar-refractivity contribution in [3.05, 3.63) is 24.3 Å². The molecule has 2 heterocycles. The van der Waals surface area contributed by atoms with Crippen LogP contribution in [0.1, 0.15) is 25.7 Å². The summed E-state index contributed by atoms with van der Waals surface area (Å²) in [6.07, 6.45) is 8.44. The molecule has 0 spiro atoms. The zero-order valence-electron chi connectivity index (χ0n) is 12.5. The largest absolute Gasteiger partial charge is 0.381 e. The van der Waals surface area contributed by atoms with Crippen LogP contribution in [0.25, 0.3) is 0 Å². The molecule has 2 rings (SSSR count). The maximum atomic E-state index is 12.4. The Morgan fingerprint density at radius 2 is 2.05 bits per heavy atom. The highest BCUT2D eigenvalue weighted by molar-refractivity contribution is 5.95. The van der Waals surface area contributed by atoms with Crippen molar-refractivity contribution < 1.29 is 9.53 Å². The summed E-state index contributed by atoms with van der Waals surface area (Å²) in [5.41, 5.74) is 0.565. The Morgan fingerprint density at radius 3 is 2.75 bits per heavy atom. The summed E-state index contributed by atoms with van der Waals surface area (Å²) in [5, 5.41) is 0. The Labute approximate surface area is 122 Å². The van der Waals surface area contributed by atoms with Crippen molar-refractivity contribution in [1.29, 1.82) is 0 Å². The van der Waals surface area contributed by atoms with Crippen LogP contribution < -0.4 is 0 Å². The molecule has 0 aromatic heterocycles. The average molecular weight is 278 g/mol. The summed E-state index contributed by atoms with van der Waals surface area (Å²) in [5.74, 6) is 0.0825. The van der Waals surface area contributed by atoms with E-state index in [1.54, 1.807) is 13.2 Å². The smallest absolute Gasteiger partial charge is 0.253 e. The molecule has 0 bridgehead atoms. The van der Waals surface area contributed by atoms with Crippen LogP contribution in [0.15, 0.2) is 24.3 Å². The van der Waals surface area contributed by atoms with Gasteiger partial charge in [0.05, 0.1) is 6.61 Å². The van der Waals surface area contributed by atoms with Gasteiger partial charge in [0.2, 0.25) is 0 Å². The molecule has 2 aliphatic rings. The molecule has 0 saturated carbocycles. The van der Waals surface area contributed by atoms with E-state index in [-0.39, 0.29) is 5.91 Å². The molecule has 0 radical (unpaired) electrons. The van der Waals surface area contributed by atoms with Crippen molar-refractivity contribution in [1.82, 2.24) is 9.80 Å². The van der Waals surface area contributed by atoms with Crippen LogP contribution in [-0.2, 0) is 9.53 Å². The molecule has 112 valence electrons. The second-order valence-corrected chi connectivity index (χ2v) is 5.69. The number of hydrogen-bond donors (Lipinski definition) is 0. The Hall–Kier alpha value is -1.13. The lowest BCUT2D eigenvalue weighted by atomic mass is 10.2. The Morgan fingerprint density at radius 1 is 1.30 bits per heavy atom. The Kier molecular flexibility index (Phi) is 5.80. The quantitative estimate of drug-likeness (QED) is 0.549. The predicted molar refractivity (Wildman–Crippen MR) is 80.6 cm³/mol. The number of carbonyl (C=O) groups is 1. The molecular formula is C16H26N2O2. The monoisotopic (exact) mass is 278 g/mol. The fourth-order valence-corrected chi connectivity index (χ4v) is 3.10. The first-order valence-electron chi connectivity index (χ1n) is 7.60. The third-order valence-corrected chi connectivity index (χ3v) is 4.16. The molecule has 4 nitrogen and oxygen atoms in total. The zero-order valence-corrected chi connectivity index (χ0v) is 12.5. The van der Waals surface area contributed by atoms with E-state index in [1.807, 2.05) is 11.0 Å². The van der Waals surface area contributed by atoms with Gasteiger partial charge < -0.3 is 14.5 Å². The van der Waals surface area contributed by atoms with Crippen LogP contribution in [0, 0.1) is 0 Å². The average Bonchev–Trinajstić information content (AvgIpc) is 3.10. The van der Waals surface area contributed by atoms with Gasteiger partial charge in [-0.25, -0.2) is 0 Å². The van der Waals surface area contributed by atoms with E-state index in [0.717, 1.165) is 25.9 Å². The minimum atomic E-state index is 0.0825. The van der Waals surface area contributed by atoms with Gasteiger partial charge in [0.25, 0.3) is 5.91 Å². The highest BCUT2D eigenvalue weighted by Gasteiger charge is 2.31. The maximum Gasteiger partial charge on any atom is 0.253 e.